The van der Waals surface area contributed by atoms with E-state index in [0.29, 0.717) is 5.56 Å². The van der Waals surface area contributed by atoms with E-state index in [1.165, 1.54) is 24.5 Å². The highest BCUT2D eigenvalue weighted by atomic mass is 32.2. The average molecular weight is 414 g/mol. The predicted octanol–water partition coefficient (Wildman–Crippen LogP) is 3.87. The first-order valence-electron chi connectivity index (χ1n) is 7.90. The number of nitro benzene ring substituents is 1. The van der Waals surface area contributed by atoms with Gasteiger partial charge in [0, 0.05) is 5.56 Å². The Morgan fingerprint density at radius 1 is 1.11 bits per heavy atom. The molecule has 0 spiro atoms. The smallest absolute Gasteiger partial charge is 0.293 e. The average Bonchev–Trinajstić information content (AvgIpc) is 3.19. The molecule has 0 unspecified atom stereocenters. The van der Waals surface area contributed by atoms with E-state index in [0.717, 1.165) is 17.0 Å². The fourth-order valence-electron chi connectivity index (χ4n) is 2.35. The summed E-state index contributed by atoms with van der Waals surface area (Å²) in [5.74, 6) is 6.14. The highest BCUT2D eigenvalue weighted by Gasteiger charge is 2.26. The zero-order valence-corrected chi connectivity index (χ0v) is 16.2. The SMILES string of the molecule is COc1ccc(S(=O)(=O)Nc2cccc(C#Cc3cccs3)c2)c([N+](=O)[O-])c1. The van der Waals surface area contributed by atoms with Crippen molar-refractivity contribution >= 4 is 32.7 Å². The molecular formula is C19H14N2O5S2. The van der Waals surface area contributed by atoms with Crippen LogP contribution in [-0.2, 0) is 10.0 Å². The third-order valence-corrected chi connectivity index (χ3v) is 5.83. The maximum absolute atomic E-state index is 12.7. The van der Waals surface area contributed by atoms with Gasteiger partial charge >= 0.3 is 0 Å². The third-order valence-electron chi connectivity index (χ3n) is 3.62. The molecule has 0 saturated heterocycles. The van der Waals surface area contributed by atoms with E-state index in [2.05, 4.69) is 16.6 Å². The van der Waals surface area contributed by atoms with E-state index in [4.69, 9.17) is 4.74 Å². The molecule has 1 heterocycles. The molecule has 0 radical (unpaired) electrons. The number of anilines is 1. The van der Waals surface area contributed by atoms with Gasteiger partial charge in [-0.1, -0.05) is 24.0 Å². The number of nitrogens with zero attached hydrogens (tertiary/aromatic N) is 1. The minimum atomic E-state index is -4.18. The van der Waals surface area contributed by atoms with Crippen LogP contribution in [-0.4, -0.2) is 20.5 Å². The molecule has 7 nitrogen and oxygen atoms in total. The number of ether oxygens (including phenoxy) is 1. The third kappa shape index (κ3) is 4.49. The highest BCUT2D eigenvalue weighted by molar-refractivity contribution is 7.92. The van der Waals surface area contributed by atoms with Crippen LogP contribution in [0.4, 0.5) is 11.4 Å². The lowest BCUT2D eigenvalue weighted by Gasteiger charge is -2.09. The van der Waals surface area contributed by atoms with Gasteiger partial charge in [0.2, 0.25) is 0 Å². The number of hydrogen-bond acceptors (Lipinski definition) is 6. The van der Waals surface area contributed by atoms with Gasteiger partial charge in [0.25, 0.3) is 15.7 Å². The summed E-state index contributed by atoms with van der Waals surface area (Å²) >= 11 is 1.50. The quantitative estimate of drug-likeness (QED) is 0.388. The first-order chi connectivity index (χ1) is 13.4. The number of nitrogens with one attached hydrogen (secondary N) is 1. The summed E-state index contributed by atoms with van der Waals surface area (Å²) < 4.78 is 32.7. The number of nitro groups is 1. The van der Waals surface area contributed by atoms with Crippen LogP contribution in [0, 0.1) is 22.0 Å². The maximum atomic E-state index is 12.7. The Labute approximate surface area is 165 Å². The van der Waals surface area contributed by atoms with Crippen molar-refractivity contribution in [1.82, 2.24) is 0 Å². The van der Waals surface area contributed by atoms with Crippen molar-refractivity contribution in [2.24, 2.45) is 0 Å². The topological polar surface area (TPSA) is 98.5 Å². The Bertz CT molecular complexity index is 1180. The van der Waals surface area contributed by atoms with Gasteiger partial charge in [-0.3, -0.25) is 14.8 Å². The largest absolute Gasteiger partial charge is 0.497 e. The fraction of sp³-hybridized carbons (Fsp3) is 0.0526. The predicted molar refractivity (Wildman–Crippen MR) is 107 cm³/mol. The van der Waals surface area contributed by atoms with E-state index in [1.54, 1.807) is 24.3 Å². The molecule has 142 valence electrons. The highest BCUT2D eigenvalue weighted by Crippen LogP contribution is 2.29. The molecule has 0 saturated carbocycles. The van der Waals surface area contributed by atoms with Crippen molar-refractivity contribution in [3.63, 3.8) is 0 Å². The van der Waals surface area contributed by atoms with Gasteiger partial charge in [0.15, 0.2) is 4.90 Å². The van der Waals surface area contributed by atoms with Crippen molar-refractivity contribution in [2.45, 2.75) is 4.90 Å². The van der Waals surface area contributed by atoms with Crippen molar-refractivity contribution in [3.8, 4) is 17.6 Å². The molecule has 0 amide bonds. The van der Waals surface area contributed by atoms with Crippen molar-refractivity contribution in [1.29, 1.82) is 0 Å². The van der Waals surface area contributed by atoms with Gasteiger partial charge in [0.1, 0.15) is 5.75 Å². The Kier molecular flexibility index (Phi) is 5.63. The molecule has 3 rings (SSSR count). The van der Waals surface area contributed by atoms with Crippen LogP contribution in [0.1, 0.15) is 10.4 Å². The summed E-state index contributed by atoms with van der Waals surface area (Å²) in [5, 5.41) is 13.2. The molecule has 2 aromatic carbocycles. The van der Waals surface area contributed by atoms with Crippen molar-refractivity contribution in [3.05, 3.63) is 80.5 Å². The molecule has 0 aliphatic rings. The van der Waals surface area contributed by atoms with Crippen LogP contribution in [0.15, 0.2) is 64.9 Å². The van der Waals surface area contributed by atoms with Gasteiger partial charge < -0.3 is 4.74 Å². The first kappa shape index (κ1) is 19.4. The molecular weight excluding hydrogens is 400 g/mol. The number of hydrogen-bond donors (Lipinski definition) is 1. The van der Waals surface area contributed by atoms with Gasteiger partial charge in [0.05, 0.1) is 28.7 Å². The molecule has 0 bridgehead atoms. The summed E-state index contributed by atoms with van der Waals surface area (Å²) in [6, 6.07) is 13.8. The molecule has 1 aromatic heterocycles. The Morgan fingerprint density at radius 3 is 2.61 bits per heavy atom. The molecule has 0 fully saturated rings. The first-order valence-corrected chi connectivity index (χ1v) is 10.3. The zero-order valence-electron chi connectivity index (χ0n) is 14.6. The zero-order chi connectivity index (χ0) is 20.1. The summed E-state index contributed by atoms with van der Waals surface area (Å²) in [6.45, 7) is 0. The lowest BCUT2D eigenvalue weighted by atomic mass is 10.2. The molecule has 28 heavy (non-hydrogen) atoms. The lowest BCUT2D eigenvalue weighted by Crippen LogP contribution is -2.15. The van der Waals surface area contributed by atoms with Gasteiger partial charge in [-0.25, -0.2) is 8.42 Å². The van der Waals surface area contributed by atoms with E-state index in [9.17, 15) is 18.5 Å². The number of rotatable bonds is 5. The number of methoxy groups -OCH3 is 1. The van der Waals surface area contributed by atoms with E-state index in [1.807, 2.05) is 17.5 Å². The second-order valence-corrected chi connectivity index (χ2v) is 8.10. The van der Waals surface area contributed by atoms with Crippen LogP contribution in [0.5, 0.6) is 5.75 Å². The lowest BCUT2D eigenvalue weighted by molar-refractivity contribution is -0.387. The van der Waals surface area contributed by atoms with Crippen LogP contribution >= 0.6 is 11.3 Å². The van der Waals surface area contributed by atoms with Gasteiger partial charge in [-0.05, 0) is 41.8 Å². The summed E-state index contributed by atoms with van der Waals surface area (Å²) in [4.78, 5) is 11.0. The van der Waals surface area contributed by atoms with Gasteiger partial charge in [-0.15, -0.1) is 11.3 Å². The number of thiophene rings is 1. The minimum absolute atomic E-state index is 0.191. The standard InChI is InChI=1S/C19H14N2O5S2/c1-26-16-8-10-19(18(13-16)21(22)23)28(24,25)20-15-5-2-4-14(12-15)7-9-17-6-3-11-27-17/h2-6,8,10-13,20H,1H3. The minimum Gasteiger partial charge on any atom is -0.497 e. The second kappa shape index (κ2) is 8.12. The van der Waals surface area contributed by atoms with E-state index >= 15 is 0 Å². The summed E-state index contributed by atoms with van der Waals surface area (Å²) in [6.07, 6.45) is 0. The Balaban J connectivity index is 1.91. The Hall–Kier alpha value is -3.35. The summed E-state index contributed by atoms with van der Waals surface area (Å²) in [5.41, 5.74) is 0.293. The summed E-state index contributed by atoms with van der Waals surface area (Å²) in [7, 11) is -2.84. The molecule has 0 atom stereocenters. The van der Waals surface area contributed by atoms with Gasteiger partial charge in [-0.2, -0.15) is 0 Å². The molecule has 1 N–H and O–H groups in total. The maximum Gasteiger partial charge on any atom is 0.293 e. The van der Waals surface area contributed by atoms with E-state index < -0.39 is 25.5 Å². The molecule has 9 heteroatoms. The van der Waals surface area contributed by atoms with Crippen LogP contribution in [0.3, 0.4) is 0 Å². The van der Waals surface area contributed by atoms with Crippen LogP contribution < -0.4 is 9.46 Å². The van der Waals surface area contributed by atoms with E-state index in [-0.39, 0.29) is 11.4 Å². The monoisotopic (exact) mass is 414 g/mol. The number of sulfonamides is 1. The number of benzene rings is 2. The molecule has 0 aliphatic carbocycles. The van der Waals surface area contributed by atoms with Crippen molar-refractivity contribution in [2.75, 3.05) is 11.8 Å². The molecule has 0 aliphatic heterocycles. The Morgan fingerprint density at radius 2 is 1.93 bits per heavy atom. The fourth-order valence-corrected chi connectivity index (χ4v) is 4.12. The van der Waals surface area contributed by atoms with Crippen LogP contribution in [0.25, 0.3) is 0 Å². The second-order valence-electron chi connectivity index (χ2n) is 5.50. The molecule has 3 aromatic rings. The van der Waals surface area contributed by atoms with Crippen LogP contribution in [0.2, 0.25) is 0 Å². The van der Waals surface area contributed by atoms with Crippen molar-refractivity contribution < 1.29 is 18.1 Å². The normalized spacial score (nSPS) is 10.6.